The van der Waals surface area contributed by atoms with E-state index in [-0.39, 0.29) is 17.9 Å². The maximum Gasteiger partial charge on any atom is 0.328 e. The average molecular weight is 406 g/mol. The van der Waals surface area contributed by atoms with E-state index in [4.69, 9.17) is 0 Å². The third kappa shape index (κ3) is 3.96. The number of benzene rings is 1. The fourth-order valence-electron chi connectivity index (χ4n) is 3.21. The van der Waals surface area contributed by atoms with Crippen molar-refractivity contribution in [3.05, 3.63) is 46.8 Å². The summed E-state index contributed by atoms with van der Waals surface area (Å²) in [6, 6.07) is 2.13. The van der Waals surface area contributed by atoms with E-state index in [2.05, 4.69) is 15.2 Å². The number of likely N-dealkylation sites (tertiary alicyclic amines) is 1. The molecule has 1 atom stereocenters. The molecule has 0 aliphatic carbocycles. The molecule has 3 rings (SSSR count). The highest BCUT2D eigenvalue weighted by atomic mass is 19.1. The Kier molecular flexibility index (Phi) is 5.62. The molecule has 2 amide bonds. The van der Waals surface area contributed by atoms with Gasteiger partial charge in [0, 0.05) is 25.4 Å². The van der Waals surface area contributed by atoms with Crippen LogP contribution < -0.4 is 5.32 Å². The topological polar surface area (TPSA) is 93.5 Å². The van der Waals surface area contributed by atoms with Crippen molar-refractivity contribution in [3.63, 3.8) is 0 Å². The average Bonchev–Trinajstić information content (AvgIpc) is 3.30. The zero-order valence-electron chi connectivity index (χ0n) is 16.2. The molecule has 0 spiro atoms. The number of carbonyl (C=O) groups excluding carboxylic acids is 3. The minimum absolute atomic E-state index is 0.0481. The van der Waals surface area contributed by atoms with Crippen molar-refractivity contribution >= 4 is 23.5 Å². The van der Waals surface area contributed by atoms with Gasteiger partial charge in [-0.05, 0) is 31.9 Å². The van der Waals surface area contributed by atoms with Crippen molar-refractivity contribution in [2.45, 2.75) is 25.8 Å². The molecule has 0 saturated carbocycles. The van der Waals surface area contributed by atoms with Gasteiger partial charge >= 0.3 is 5.97 Å². The van der Waals surface area contributed by atoms with Crippen molar-refractivity contribution in [2.75, 3.05) is 19.0 Å². The van der Waals surface area contributed by atoms with Crippen LogP contribution in [-0.4, -0.2) is 52.2 Å². The Bertz CT molecular complexity index is 969. The lowest BCUT2D eigenvalue weighted by Gasteiger charge is -2.23. The molecule has 1 saturated heterocycles. The fourth-order valence-corrected chi connectivity index (χ4v) is 3.21. The smallest absolute Gasteiger partial charge is 0.328 e. The van der Waals surface area contributed by atoms with Gasteiger partial charge in [-0.25, -0.2) is 13.6 Å². The quantitative estimate of drug-likeness (QED) is 0.785. The van der Waals surface area contributed by atoms with Crippen molar-refractivity contribution in [3.8, 4) is 0 Å². The van der Waals surface area contributed by atoms with Crippen LogP contribution in [0.25, 0.3) is 0 Å². The number of aryl methyl sites for hydroxylation is 2. The number of nitrogens with one attached hydrogen (secondary N) is 1. The minimum Gasteiger partial charge on any atom is -0.467 e. The molecule has 1 fully saturated rings. The highest BCUT2D eigenvalue weighted by Gasteiger charge is 2.36. The van der Waals surface area contributed by atoms with E-state index >= 15 is 0 Å². The predicted octanol–water partition coefficient (Wildman–Crippen LogP) is 2.04. The van der Waals surface area contributed by atoms with Crippen LogP contribution in [-0.2, 0) is 16.6 Å². The van der Waals surface area contributed by atoms with Crippen molar-refractivity contribution in [2.24, 2.45) is 7.05 Å². The number of hydrogen-bond acceptors (Lipinski definition) is 5. The van der Waals surface area contributed by atoms with E-state index in [1.165, 1.54) is 22.8 Å². The normalized spacial score (nSPS) is 16.0. The Hall–Kier alpha value is -3.30. The molecule has 154 valence electrons. The first-order chi connectivity index (χ1) is 13.7. The predicted molar refractivity (Wildman–Crippen MR) is 98.3 cm³/mol. The molecule has 2 heterocycles. The third-order valence-corrected chi connectivity index (χ3v) is 4.87. The maximum absolute atomic E-state index is 14.3. The molecule has 0 unspecified atom stereocenters. The number of anilines is 1. The van der Waals surface area contributed by atoms with Crippen LogP contribution in [0.5, 0.6) is 0 Å². The molecule has 0 bridgehead atoms. The number of esters is 1. The van der Waals surface area contributed by atoms with Crippen LogP contribution in [0.15, 0.2) is 18.2 Å². The van der Waals surface area contributed by atoms with Gasteiger partial charge in [-0.3, -0.25) is 14.3 Å². The summed E-state index contributed by atoms with van der Waals surface area (Å²) in [5.74, 6) is -4.20. The lowest BCUT2D eigenvalue weighted by molar-refractivity contribution is -0.145. The molecule has 1 aromatic carbocycles. The van der Waals surface area contributed by atoms with Gasteiger partial charge < -0.3 is 15.0 Å². The van der Waals surface area contributed by atoms with E-state index in [9.17, 15) is 23.2 Å². The van der Waals surface area contributed by atoms with Crippen LogP contribution in [0.4, 0.5) is 14.5 Å². The van der Waals surface area contributed by atoms with Crippen molar-refractivity contribution in [1.29, 1.82) is 0 Å². The highest BCUT2D eigenvalue weighted by Crippen LogP contribution is 2.26. The van der Waals surface area contributed by atoms with E-state index in [1.807, 2.05) is 0 Å². The first kappa shape index (κ1) is 20.4. The summed E-state index contributed by atoms with van der Waals surface area (Å²) in [6.45, 7) is 1.98. The molecule has 0 radical (unpaired) electrons. The Labute approximate surface area is 165 Å². The zero-order chi connectivity index (χ0) is 21.3. The molecule has 1 aliphatic heterocycles. The number of amides is 2. The number of carbonyl (C=O) groups is 3. The zero-order valence-corrected chi connectivity index (χ0v) is 16.2. The number of rotatable bonds is 4. The standard InChI is InChI=1S/C19H20F2N4O4/c1-10-7-15(23-24(10)2)17(26)22-14-8-11(12(20)9-13(14)21)18(27)25-6-4-5-16(25)19(28)29-3/h7-9,16H,4-6H2,1-3H3,(H,22,26)/t16-/m1/s1. The van der Waals surface area contributed by atoms with Crippen LogP contribution in [0, 0.1) is 18.6 Å². The van der Waals surface area contributed by atoms with E-state index in [1.54, 1.807) is 14.0 Å². The second-order valence-electron chi connectivity index (χ2n) is 6.74. The monoisotopic (exact) mass is 406 g/mol. The third-order valence-electron chi connectivity index (χ3n) is 4.87. The second-order valence-corrected chi connectivity index (χ2v) is 6.74. The fraction of sp³-hybridized carbons (Fsp3) is 0.368. The Morgan fingerprint density at radius 3 is 2.55 bits per heavy atom. The summed E-state index contributed by atoms with van der Waals surface area (Å²) in [5.41, 5.74) is -0.0491. The molecular formula is C19H20F2N4O4. The number of hydrogen-bond donors (Lipinski definition) is 1. The Balaban J connectivity index is 1.88. The summed E-state index contributed by atoms with van der Waals surface area (Å²) in [4.78, 5) is 38.2. The first-order valence-corrected chi connectivity index (χ1v) is 8.92. The van der Waals surface area contributed by atoms with E-state index in [0.29, 0.717) is 24.6 Å². The van der Waals surface area contributed by atoms with Crippen LogP contribution in [0.2, 0.25) is 0 Å². The molecule has 1 aliphatic rings. The molecule has 10 heteroatoms. The lowest BCUT2D eigenvalue weighted by Crippen LogP contribution is -2.41. The summed E-state index contributed by atoms with van der Waals surface area (Å²) in [7, 11) is 2.85. The van der Waals surface area contributed by atoms with Gasteiger partial charge in [-0.2, -0.15) is 5.10 Å². The number of aromatic nitrogens is 2. The van der Waals surface area contributed by atoms with Gasteiger partial charge in [-0.15, -0.1) is 0 Å². The van der Waals surface area contributed by atoms with Crippen LogP contribution >= 0.6 is 0 Å². The summed E-state index contributed by atoms with van der Waals surface area (Å²) < 4.78 is 34.7. The SMILES string of the molecule is COC(=O)[C@H]1CCCN1C(=O)c1cc(NC(=O)c2cc(C)n(C)n2)c(F)cc1F. The Morgan fingerprint density at radius 2 is 1.93 bits per heavy atom. The molecule has 2 aromatic rings. The van der Waals surface area contributed by atoms with Crippen LogP contribution in [0.3, 0.4) is 0 Å². The highest BCUT2D eigenvalue weighted by molar-refractivity contribution is 6.04. The van der Waals surface area contributed by atoms with Gasteiger partial charge in [0.1, 0.15) is 17.7 Å². The van der Waals surface area contributed by atoms with Crippen molar-refractivity contribution < 1.29 is 27.9 Å². The molecule has 1 N–H and O–H groups in total. The number of methoxy groups -OCH3 is 1. The lowest BCUT2D eigenvalue weighted by atomic mass is 10.1. The van der Waals surface area contributed by atoms with Crippen molar-refractivity contribution in [1.82, 2.24) is 14.7 Å². The van der Waals surface area contributed by atoms with Gasteiger partial charge in [0.25, 0.3) is 11.8 Å². The summed E-state index contributed by atoms with van der Waals surface area (Å²) >= 11 is 0. The minimum atomic E-state index is -1.09. The first-order valence-electron chi connectivity index (χ1n) is 8.92. The molecular weight excluding hydrogens is 386 g/mol. The summed E-state index contributed by atoms with van der Waals surface area (Å²) in [5, 5.41) is 6.30. The number of ether oxygens (including phenoxy) is 1. The molecule has 1 aromatic heterocycles. The van der Waals surface area contributed by atoms with Gasteiger partial charge in [0.05, 0.1) is 18.4 Å². The van der Waals surface area contributed by atoms with E-state index in [0.717, 1.165) is 6.07 Å². The maximum atomic E-state index is 14.3. The Morgan fingerprint density at radius 1 is 1.21 bits per heavy atom. The largest absolute Gasteiger partial charge is 0.467 e. The second kappa shape index (κ2) is 7.98. The van der Waals surface area contributed by atoms with E-state index < -0.39 is 41.0 Å². The summed E-state index contributed by atoms with van der Waals surface area (Å²) in [6.07, 6.45) is 0.945. The van der Waals surface area contributed by atoms with Crippen LogP contribution in [0.1, 0.15) is 39.4 Å². The number of halogens is 2. The number of nitrogens with zero attached hydrogens (tertiary/aromatic N) is 3. The molecule has 8 nitrogen and oxygen atoms in total. The molecule has 29 heavy (non-hydrogen) atoms. The van der Waals surface area contributed by atoms with Gasteiger partial charge in [0.15, 0.2) is 5.69 Å². The van der Waals surface area contributed by atoms with Gasteiger partial charge in [-0.1, -0.05) is 0 Å². The van der Waals surface area contributed by atoms with Gasteiger partial charge in [0.2, 0.25) is 0 Å².